The monoisotopic (exact) mass is 455 g/mol. The molecule has 3 rings (SSSR count). The molecule has 4 amide bonds. The van der Waals surface area contributed by atoms with Gasteiger partial charge in [-0.3, -0.25) is 9.59 Å². The molecule has 0 aromatic heterocycles. The Morgan fingerprint density at radius 1 is 1.00 bits per heavy atom. The number of amides is 4. The molecule has 1 saturated heterocycles. The van der Waals surface area contributed by atoms with Crippen molar-refractivity contribution in [1.82, 2.24) is 10.6 Å². The van der Waals surface area contributed by atoms with Gasteiger partial charge in [0.2, 0.25) is 5.91 Å². The van der Waals surface area contributed by atoms with Crippen LogP contribution < -0.4 is 29.7 Å². The highest BCUT2D eigenvalue weighted by molar-refractivity contribution is 6.22. The summed E-state index contributed by atoms with van der Waals surface area (Å²) in [4.78, 5) is 39.1. The van der Waals surface area contributed by atoms with E-state index < -0.39 is 18.0 Å². The molecule has 0 saturated carbocycles. The maximum Gasteiger partial charge on any atom is 0.329 e. The molecule has 0 spiro atoms. The van der Waals surface area contributed by atoms with Crippen molar-refractivity contribution in [1.29, 1.82) is 0 Å². The summed E-state index contributed by atoms with van der Waals surface area (Å²) in [6.07, 6.45) is -0.173. The number of benzene rings is 2. The second-order valence-corrected chi connectivity index (χ2v) is 7.98. The lowest BCUT2D eigenvalue weighted by Gasteiger charge is -2.24. The zero-order chi connectivity index (χ0) is 24.1. The van der Waals surface area contributed by atoms with Crippen molar-refractivity contribution >= 4 is 23.5 Å². The van der Waals surface area contributed by atoms with Crippen LogP contribution in [0.1, 0.15) is 31.9 Å². The summed E-state index contributed by atoms with van der Waals surface area (Å²) in [5.74, 6) is 0.996. The molecule has 1 aliphatic heterocycles. The van der Waals surface area contributed by atoms with E-state index in [0.717, 1.165) is 10.5 Å². The highest BCUT2D eigenvalue weighted by Crippen LogP contribution is 2.32. The van der Waals surface area contributed by atoms with Crippen molar-refractivity contribution in [3.63, 3.8) is 0 Å². The molecule has 2 N–H and O–H groups in total. The minimum absolute atomic E-state index is 0.0664. The summed E-state index contributed by atoms with van der Waals surface area (Å²) in [6.45, 7) is 3.96. The molecular formula is C24H29N3O6. The number of nitrogens with zero attached hydrogens (tertiary/aromatic N) is 1. The molecule has 1 heterocycles. The second kappa shape index (κ2) is 10.2. The molecule has 9 nitrogen and oxygen atoms in total. The summed E-state index contributed by atoms with van der Waals surface area (Å²) in [5.41, 5.74) is 1.25. The van der Waals surface area contributed by atoms with Crippen molar-refractivity contribution in [2.45, 2.75) is 32.4 Å². The van der Waals surface area contributed by atoms with Gasteiger partial charge < -0.3 is 24.8 Å². The Bertz CT molecular complexity index is 1020. The summed E-state index contributed by atoms with van der Waals surface area (Å²) >= 11 is 0. The number of carbonyl (C=O) groups excluding carboxylic acids is 3. The fraction of sp³-hybridized carbons (Fsp3) is 0.375. The molecule has 2 aromatic rings. The molecule has 176 valence electrons. The average molecular weight is 456 g/mol. The molecule has 0 aliphatic carbocycles. The maximum absolute atomic E-state index is 12.9. The van der Waals surface area contributed by atoms with Gasteiger partial charge >= 0.3 is 6.03 Å². The molecule has 9 heteroatoms. The number of methoxy groups -OCH3 is 3. The van der Waals surface area contributed by atoms with E-state index in [4.69, 9.17) is 14.2 Å². The number of rotatable bonds is 9. The van der Waals surface area contributed by atoms with Gasteiger partial charge in [0.1, 0.15) is 11.8 Å². The summed E-state index contributed by atoms with van der Waals surface area (Å²) in [5, 5.41) is 5.58. The smallest absolute Gasteiger partial charge is 0.329 e. The van der Waals surface area contributed by atoms with E-state index >= 15 is 0 Å². The lowest BCUT2D eigenvalue weighted by atomic mass is 9.95. The normalized spacial score (nSPS) is 16.4. The first-order valence-electron chi connectivity index (χ1n) is 10.6. The zero-order valence-corrected chi connectivity index (χ0v) is 19.4. The Hall–Kier alpha value is -3.75. The van der Waals surface area contributed by atoms with Gasteiger partial charge in [0.25, 0.3) is 5.91 Å². The van der Waals surface area contributed by atoms with Crippen LogP contribution in [0.3, 0.4) is 0 Å². The second-order valence-electron chi connectivity index (χ2n) is 7.98. The predicted molar refractivity (Wildman–Crippen MR) is 123 cm³/mol. The van der Waals surface area contributed by atoms with E-state index in [9.17, 15) is 14.4 Å². The Morgan fingerprint density at radius 2 is 1.67 bits per heavy atom. The Kier molecular flexibility index (Phi) is 7.42. The lowest BCUT2D eigenvalue weighted by Crippen LogP contribution is -2.39. The maximum atomic E-state index is 12.9. The number of hydrogen-bond donors (Lipinski definition) is 2. The Morgan fingerprint density at radius 3 is 2.24 bits per heavy atom. The topological polar surface area (TPSA) is 106 Å². The van der Waals surface area contributed by atoms with Crippen LogP contribution >= 0.6 is 0 Å². The summed E-state index contributed by atoms with van der Waals surface area (Å²) in [6, 6.07) is 10.2. The van der Waals surface area contributed by atoms with Gasteiger partial charge in [-0.2, -0.15) is 0 Å². The van der Waals surface area contributed by atoms with Crippen molar-refractivity contribution < 1.29 is 28.6 Å². The van der Waals surface area contributed by atoms with Gasteiger partial charge in [-0.15, -0.1) is 0 Å². The van der Waals surface area contributed by atoms with E-state index in [-0.39, 0.29) is 24.3 Å². The van der Waals surface area contributed by atoms with Crippen LogP contribution in [0.15, 0.2) is 42.5 Å². The molecular weight excluding hydrogens is 426 g/mol. The van der Waals surface area contributed by atoms with E-state index in [1.54, 1.807) is 44.6 Å². The van der Waals surface area contributed by atoms with E-state index in [1.807, 2.05) is 26.0 Å². The lowest BCUT2D eigenvalue weighted by molar-refractivity contribution is -0.126. The number of anilines is 1. The van der Waals surface area contributed by atoms with Crippen LogP contribution in [0, 0.1) is 5.92 Å². The zero-order valence-electron chi connectivity index (χ0n) is 19.4. The quantitative estimate of drug-likeness (QED) is 0.563. The van der Waals surface area contributed by atoms with Crippen molar-refractivity contribution in [2.75, 3.05) is 26.2 Å². The number of nitrogens with one attached hydrogen (secondary N) is 2. The molecule has 0 radical (unpaired) electrons. The van der Waals surface area contributed by atoms with E-state index in [2.05, 4.69) is 10.6 Å². The number of ether oxygens (including phenoxy) is 3. The van der Waals surface area contributed by atoms with Gasteiger partial charge in [0.15, 0.2) is 11.5 Å². The highest BCUT2D eigenvalue weighted by atomic mass is 16.5. The van der Waals surface area contributed by atoms with Gasteiger partial charge in [0.05, 0.1) is 39.5 Å². The molecule has 1 fully saturated rings. The van der Waals surface area contributed by atoms with Gasteiger partial charge in [-0.05, 0) is 47.9 Å². The van der Waals surface area contributed by atoms with Crippen LogP contribution in [-0.2, 0) is 9.59 Å². The number of imide groups is 1. The minimum atomic E-state index is -0.946. The van der Waals surface area contributed by atoms with Crippen LogP contribution in [0.2, 0.25) is 0 Å². The third-order valence-electron chi connectivity index (χ3n) is 5.49. The largest absolute Gasteiger partial charge is 0.497 e. The van der Waals surface area contributed by atoms with Crippen molar-refractivity contribution in [3.05, 3.63) is 48.0 Å². The minimum Gasteiger partial charge on any atom is -0.497 e. The van der Waals surface area contributed by atoms with E-state index in [0.29, 0.717) is 22.9 Å². The van der Waals surface area contributed by atoms with E-state index in [1.165, 1.54) is 7.11 Å². The Balaban J connectivity index is 1.71. The third kappa shape index (κ3) is 5.19. The summed E-state index contributed by atoms with van der Waals surface area (Å²) in [7, 11) is 4.64. The SMILES string of the molecule is COc1ccc(N2C(=O)N[C@@H](CC(=O)NC(c3ccc(OC)c(OC)c3)C(C)C)C2=O)cc1. The standard InChI is InChI=1S/C24H29N3O6/c1-14(2)22(15-6-11-19(32-4)20(12-15)33-5)26-21(28)13-18-23(29)27(24(30)25-18)16-7-9-17(31-3)10-8-16/h6-12,14,18,22H,13H2,1-5H3,(H,25,30)(H,26,28)/t18-,22?/m0/s1. The molecule has 1 aliphatic rings. The third-order valence-corrected chi connectivity index (χ3v) is 5.49. The fourth-order valence-corrected chi connectivity index (χ4v) is 3.74. The van der Waals surface area contributed by atoms with Crippen LogP contribution in [-0.4, -0.2) is 45.2 Å². The average Bonchev–Trinajstić information content (AvgIpc) is 3.09. The predicted octanol–water partition coefficient (Wildman–Crippen LogP) is 3.04. The van der Waals surface area contributed by atoms with Crippen molar-refractivity contribution in [2.24, 2.45) is 5.92 Å². The first-order chi connectivity index (χ1) is 15.8. The highest BCUT2D eigenvalue weighted by Gasteiger charge is 2.40. The van der Waals surface area contributed by atoms with Crippen molar-refractivity contribution in [3.8, 4) is 17.2 Å². The first-order valence-corrected chi connectivity index (χ1v) is 10.6. The van der Waals surface area contributed by atoms with Gasteiger partial charge in [-0.1, -0.05) is 19.9 Å². The van der Waals surface area contributed by atoms with Crippen LogP contribution in [0.25, 0.3) is 0 Å². The fourth-order valence-electron chi connectivity index (χ4n) is 3.74. The summed E-state index contributed by atoms with van der Waals surface area (Å²) < 4.78 is 15.8. The Labute approximate surface area is 193 Å². The van der Waals surface area contributed by atoms with Gasteiger partial charge in [0, 0.05) is 0 Å². The number of carbonyl (C=O) groups is 3. The molecule has 0 bridgehead atoms. The molecule has 2 aromatic carbocycles. The molecule has 1 unspecified atom stereocenters. The molecule has 2 atom stereocenters. The van der Waals surface area contributed by atoms with Gasteiger partial charge in [-0.25, -0.2) is 9.69 Å². The van der Waals surface area contributed by atoms with Crippen LogP contribution in [0.5, 0.6) is 17.2 Å². The van der Waals surface area contributed by atoms with Crippen LogP contribution in [0.4, 0.5) is 10.5 Å². The first kappa shape index (κ1) is 23.9. The number of urea groups is 1. The number of hydrogen-bond acceptors (Lipinski definition) is 6. The molecule has 33 heavy (non-hydrogen) atoms.